The lowest BCUT2D eigenvalue weighted by atomic mass is 10.0. The van der Waals surface area contributed by atoms with Crippen molar-refractivity contribution in [1.82, 2.24) is 10.6 Å². The summed E-state index contributed by atoms with van der Waals surface area (Å²) < 4.78 is 18.2. The topological polar surface area (TPSA) is 50.4 Å². The van der Waals surface area contributed by atoms with E-state index in [2.05, 4.69) is 10.6 Å². The second kappa shape index (κ2) is 7.85. The number of hydrogen-bond acceptors (Lipinski definition) is 3. The van der Waals surface area contributed by atoms with Crippen molar-refractivity contribution in [2.45, 2.75) is 19.3 Å². The second-order valence-electron chi connectivity index (χ2n) is 5.05. The monoisotopic (exact) mass is 280 g/mol. The highest BCUT2D eigenvalue weighted by Crippen LogP contribution is 2.14. The summed E-state index contributed by atoms with van der Waals surface area (Å²) in [4.78, 5) is 11.6. The Hall–Kier alpha value is -1.62. The van der Waals surface area contributed by atoms with Crippen molar-refractivity contribution in [1.29, 1.82) is 0 Å². The summed E-state index contributed by atoms with van der Waals surface area (Å²) in [5, 5.41) is 6.10. The molecule has 5 heteroatoms. The lowest BCUT2D eigenvalue weighted by molar-refractivity contribution is -0.121. The molecule has 0 saturated carbocycles. The largest absolute Gasteiger partial charge is 0.492 e. The predicted molar refractivity (Wildman–Crippen MR) is 75.1 cm³/mol. The maximum Gasteiger partial charge on any atom is 0.220 e. The highest BCUT2D eigenvalue weighted by molar-refractivity contribution is 5.75. The first-order valence-corrected chi connectivity index (χ1v) is 7.10. The number of amides is 1. The van der Waals surface area contributed by atoms with Gasteiger partial charge in [-0.2, -0.15) is 0 Å². The zero-order chi connectivity index (χ0) is 14.2. The van der Waals surface area contributed by atoms with Crippen LogP contribution in [-0.4, -0.2) is 32.1 Å². The molecule has 0 bridgehead atoms. The van der Waals surface area contributed by atoms with Crippen LogP contribution in [0.15, 0.2) is 24.3 Å². The fourth-order valence-electron chi connectivity index (χ4n) is 2.30. The van der Waals surface area contributed by atoms with E-state index in [0.717, 1.165) is 25.9 Å². The third-order valence-electron chi connectivity index (χ3n) is 3.43. The van der Waals surface area contributed by atoms with E-state index in [0.29, 0.717) is 31.2 Å². The molecular weight excluding hydrogens is 259 g/mol. The predicted octanol–water partition coefficient (Wildman–Crippen LogP) is 1.71. The number of ether oxygens (including phenoxy) is 1. The van der Waals surface area contributed by atoms with E-state index in [1.807, 2.05) is 0 Å². The number of carbonyl (C=O) groups excluding carboxylic acids is 1. The Labute approximate surface area is 118 Å². The van der Waals surface area contributed by atoms with Gasteiger partial charge in [-0.3, -0.25) is 4.79 Å². The molecule has 1 aliphatic rings. The molecule has 0 radical (unpaired) electrons. The Morgan fingerprint density at radius 2 is 2.40 bits per heavy atom. The van der Waals surface area contributed by atoms with E-state index in [1.165, 1.54) is 12.1 Å². The van der Waals surface area contributed by atoms with Gasteiger partial charge in [-0.05, 0) is 44.0 Å². The van der Waals surface area contributed by atoms with Crippen LogP contribution in [0, 0.1) is 11.7 Å². The highest BCUT2D eigenvalue weighted by Gasteiger charge is 2.15. The van der Waals surface area contributed by atoms with Gasteiger partial charge in [0.15, 0.2) is 0 Å². The fourth-order valence-corrected chi connectivity index (χ4v) is 2.30. The maximum atomic E-state index is 12.9. The standard InChI is InChI=1S/C15H21FN2O2/c16-13-2-1-3-14(10-13)20-9-8-18-15(19)5-4-12-6-7-17-11-12/h1-3,10,12,17H,4-9,11H2,(H,18,19). The maximum absolute atomic E-state index is 12.9. The average Bonchev–Trinajstić information content (AvgIpc) is 2.95. The molecule has 1 fully saturated rings. The minimum atomic E-state index is -0.322. The molecular formula is C15H21FN2O2. The van der Waals surface area contributed by atoms with Crippen LogP contribution in [0.1, 0.15) is 19.3 Å². The van der Waals surface area contributed by atoms with E-state index in [1.54, 1.807) is 12.1 Å². The van der Waals surface area contributed by atoms with Crippen molar-refractivity contribution in [3.63, 3.8) is 0 Å². The molecule has 0 aliphatic carbocycles. The Balaban J connectivity index is 1.55. The minimum Gasteiger partial charge on any atom is -0.492 e. The first-order valence-electron chi connectivity index (χ1n) is 7.10. The smallest absolute Gasteiger partial charge is 0.220 e. The number of rotatable bonds is 7. The molecule has 1 saturated heterocycles. The Bertz CT molecular complexity index is 434. The van der Waals surface area contributed by atoms with Gasteiger partial charge >= 0.3 is 0 Å². The van der Waals surface area contributed by atoms with Crippen molar-refractivity contribution in [3.05, 3.63) is 30.1 Å². The third kappa shape index (κ3) is 5.17. The zero-order valence-corrected chi connectivity index (χ0v) is 11.5. The van der Waals surface area contributed by atoms with Crippen molar-refractivity contribution >= 4 is 5.91 Å². The Morgan fingerprint density at radius 1 is 1.50 bits per heavy atom. The van der Waals surface area contributed by atoms with Crippen LogP contribution in [-0.2, 0) is 4.79 Å². The SMILES string of the molecule is O=C(CCC1CCNC1)NCCOc1cccc(F)c1. The molecule has 1 aliphatic heterocycles. The molecule has 1 aromatic carbocycles. The van der Waals surface area contributed by atoms with E-state index in [4.69, 9.17) is 4.74 Å². The fraction of sp³-hybridized carbons (Fsp3) is 0.533. The summed E-state index contributed by atoms with van der Waals surface area (Å²) in [6.07, 6.45) is 2.66. The van der Waals surface area contributed by atoms with Crippen molar-refractivity contribution in [2.75, 3.05) is 26.2 Å². The summed E-state index contributed by atoms with van der Waals surface area (Å²) in [5.41, 5.74) is 0. The molecule has 1 heterocycles. The summed E-state index contributed by atoms with van der Waals surface area (Å²) in [6, 6.07) is 5.98. The van der Waals surface area contributed by atoms with Gasteiger partial charge in [0.25, 0.3) is 0 Å². The molecule has 20 heavy (non-hydrogen) atoms. The molecule has 2 rings (SSSR count). The number of carbonyl (C=O) groups is 1. The van der Waals surface area contributed by atoms with Crippen LogP contribution in [0.3, 0.4) is 0 Å². The van der Waals surface area contributed by atoms with Gasteiger partial charge in [0.05, 0.1) is 6.54 Å². The van der Waals surface area contributed by atoms with Gasteiger partial charge < -0.3 is 15.4 Å². The van der Waals surface area contributed by atoms with Gasteiger partial charge in [0, 0.05) is 12.5 Å². The first-order chi connectivity index (χ1) is 9.74. The van der Waals surface area contributed by atoms with Crippen molar-refractivity contribution < 1.29 is 13.9 Å². The molecule has 2 N–H and O–H groups in total. The number of benzene rings is 1. The normalized spacial score (nSPS) is 17.9. The molecule has 110 valence electrons. The van der Waals surface area contributed by atoms with Crippen molar-refractivity contribution in [2.24, 2.45) is 5.92 Å². The highest BCUT2D eigenvalue weighted by atomic mass is 19.1. The Morgan fingerprint density at radius 3 is 3.15 bits per heavy atom. The number of halogens is 1. The summed E-state index contributed by atoms with van der Waals surface area (Å²) in [6.45, 7) is 2.88. The minimum absolute atomic E-state index is 0.0553. The number of nitrogens with one attached hydrogen (secondary N) is 2. The third-order valence-corrected chi connectivity index (χ3v) is 3.43. The van der Waals surface area contributed by atoms with Crippen LogP contribution in [0.25, 0.3) is 0 Å². The molecule has 1 atom stereocenters. The molecule has 1 amide bonds. The molecule has 1 aromatic rings. The van der Waals surface area contributed by atoms with E-state index < -0.39 is 0 Å². The van der Waals surface area contributed by atoms with Gasteiger partial charge in [0.2, 0.25) is 5.91 Å². The van der Waals surface area contributed by atoms with E-state index in [9.17, 15) is 9.18 Å². The lowest BCUT2D eigenvalue weighted by Crippen LogP contribution is -2.28. The van der Waals surface area contributed by atoms with Gasteiger partial charge in [0.1, 0.15) is 18.2 Å². The lowest BCUT2D eigenvalue weighted by Gasteiger charge is -2.09. The van der Waals surface area contributed by atoms with Gasteiger partial charge in [-0.1, -0.05) is 6.07 Å². The van der Waals surface area contributed by atoms with E-state index >= 15 is 0 Å². The first kappa shape index (κ1) is 14.8. The van der Waals surface area contributed by atoms with Gasteiger partial charge in [-0.25, -0.2) is 4.39 Å². The quantitative estimate of drug-likeness (QED) is 0.748. The second-order valence-corrected chi connectivity index (χ2v) is 5.05. The zero-order valence-electron chi connectivity index (χ0n) is 11.5. The summed E-state index contributed by atoms with van der Waals surface area (Å²) >= 11 is 0. The van der Waals surface area contributed by atoms with Crippen LogP contribution in [0.2, 0.25) is 0 Å². The Kier molecular flexibility index (Phi) is 5.80. The molecule has 0 aromatic heterocycles. The molecule has 0 spiro atoms. The molecule has 1 unspecified atom stereocenters. The van der Waals surface area contributed by atoms with Crippen LogP contribution < -0.4 is 15.4 Å². The summed E-state index contributed by atoms with van der Waals surface area (Å²) in [5.74, 6) is 0.844. The average molecular weight is 280 g/mol. The van der Waals surface area contributed by atoms with Crippen LogP contribution in [0.4, 0.5) is 4.39 Å². The summed E-state index contributed by atoms with van der Waals surface area (Å²) in [7, 11) is 0. The molecule has 4 nitrogen and oxygen atoms in total. The van der Waals surface area contributed by atoms with E-state index in [-0.39, 0.29) is 11.7 Å². The van der Waals surface area contributed by atoms with Gasteiger partial charge in [-0.15, -0.1) is 0 Å². The van der Waals surface area contributed by atoms with Crippen LogP contribution >= 0.6 is 0 Å². The van der Waals surface area contributed by atoms with Crippen LogP contribution in [0.5, 0.6) is 5.75 Å². The van der Waals surface area contributed by atoms with Crippen molar-refractivity contribution in [3.8, 4) is 5.75 Å². The number of hydrogen-bond donors (Lipinski definition) is 2.